The minimum atomic E-state index is -4.79. The summed E-state index contributed by atoms with van der Waals surface area (Å²) >= 11 is 0. The van der Waals surface area contributed by atoms with Gasteiger partial charge < -0.3 is 20.1 Å². The number of carbonyl (C=O) groups excluding carboxylic acids is 1. The van der Waals surface area contributed by atoms with Crippen LogP contribution in [0.4, 0.5) is 23.7 Å². The summed E-state index contributed by atoms with van der Waals surface area (Å²) < 4.78 is 40.5. The van der Waals surface area contributed by atoms with Crippen molar-refractivity contribution >= 4 is 17.7 Å². The number of nitrogens with one attached hydrogen (secondary N) is 1. The Balaban J connectivity index is 1.69. The van der Waals surface area contributed by atoms with Crippen LogP contribution < -0.4 is 10.1 Å². The topological polar surface area (TPSA) is 78.9 Å². The Morgan fingerprint density at radius 2 is 1.69 bits per heavy atom. The number of nitrogens with zero attached hydrogens (tertiary/aromatic N) is 1. The smallest absolute Gasteiger partial charge is 0.465 e. The molecule has 0 radical (unpaired) electrons. The van der Waals surface area contributed by atoms with E-state index in [2.05, 4.69) is 10.1 Å². The van der Waals surface area contributed by atoms with E-state index in [1.54, 1.807) is 0 Å². The number of carboxylic acid groups (broad SMARTS) is 1. The molecule has 1 heterocycles. The van der Waals surface area contributed by atoms with Crippen LogP contribution in [0.15, 0.2) is 54.6 Å². The van der Waals surface area contributed by atoms with Crippen molar-refractivity contribution in [2.24, 2.45) is 5.92 Å². The molecule has 2 amide bonds. The van der Waals surface area contributed by atoms with E-state index in [9.17, 15) is 27.9 Å². The zero-order valence-electron chi connectivity index (χ0n) is 15.2. The number of piperidine rings is 1. The van der Waals surface area contributed by atoms with Gasteiger partial charge in [-0.3, -0.25) is 4.79 Å². The zero-order chi connectivity index (χ0) is 21.0. The van der Waals surface area contributed by atoms with Gasteiger partial charge in [0.05, 0.1) is 5.92 Å². The van der Waals surface area contributed by atoms with Crippen LogP contribution in [0.3, 0.4) is 0 Å². The van der Waals surface area contributed by atoms with Gasteiger partial charge in [-0.2, -0.15) is 0 Å². The average Bonchev–Trinajstić information content (AvgIpc) is 2.68. The summed E-state index contributed by atoms with van der Waals surface area (Å²) in [4.78, 5) is 25.4. The van der Waals surface area contributed by atoms with Gasteiger partial charge in [-0.25, -0.2) is 4.79 Å². The van der Waals surface area contributed by atoms with Crippen molar-refractivity contribution in [3.63, 3.8) is 0 Å². The molecule has 0 aromatic heterocycles. The van der Waals surface area contributed by atoms with Crippen LogP contribution in [0.1, 0.15) is 17.9 Å². The van der Waals surface area contributed by atoms with E-state index >= 15 is 0 Å². The number of carbonyl (C=O) groups is 2. The molecule has 6 nitrogen and oxygen atoms in total. The summed E-state index contributed by atoms with van der Waals surface area (Å²) in [6.07, 6.45) is -5.42. The van der Waals surface area contributed by atoms with Crippen molar-refractivity contribution in [3.8, 4) is 5.75 Å². The lowest BCUT2D eigenvalue weighted by Gasteiger charge is -2.35. The molecule has 2 aromatic rings. The molecular formula is C20H19F3N2O4. The quantitative estimate of drug-likeness (QED) is 0.790. The van der Waals surface area contributed by atoms with E-state index in [1.807, 2.05) is 30.3 Å². The fourth-order valence-corrected chi connectivity index (χ4v) is 3.40. The lowest BCUT2D eigenvalue weighted by atomic mass is 9.84. The van der Waals surface area contributed by atoms with Crippen LogP contribution in [0.2, 0.25) is 0 Å². The first-order chi connectivity index (χ1) is 13.7. The maximum atomic E-state index is 12.7. The molecule has 0 saturated carbocycles. The minimum Gasteiger partial charge on any atom is -0.465 e. The zero-order valence-corrected chi connectivity index (χ0v) is 15.2. The van der Waals surface area contributed by atoms with Crippen LogP contribution >= 0.6 is 0 Å². The largest absolute Gasteiger partial charge is 0.573 e. The van der Waals surface area contributed by atoms with Gasteiger partial charge in [0.1, 0.15) is 5.75 Å². The highest BCUT2D eigenvalue weighted by atomic mass is 19.4. The third-order valence-electron chi connectivity index (χ3n) is 4.72. The summed E-state index contributed by atoms with van der Waals surface area (Å²) in [6, 6.07) is 14.1. The summed E-state index contributed by atoms with van der Waals surface area (Å²) in [6.45, 7) is 0.354. The molecule has 3 rings (SSSR count). The van der Waals surface area contributed by atoms with Crippen LogP contribution in [0.5, 0.6) is 5.75 Å². The SMILES string of the molecule is O=C(Nc1ccc(OC(F)(F)F)cc1)C1CC(c2ccccc2)CN(C(=O)O)C1. The molecule has 2 atom stereocenters. The molecular weight excluding hydrogens is 389 g/mol. The maximum Gasteiger partial charge on any atom is 0.573 e. The van der Waals surface area contributed by atoms with Crippen molar-refractivity contribution in [3.05, 3.63) is 60.2 Å². The number of halogens is 3. The lowest BCUT2D eigenvalue weighted by Crippen LogP contribution is -2.46. The second-order valence-electron chi connectivity index (χ2n) is 6.79. The molecule has 1 saturated heterocycles. The first-order valence-corrected chi connectivity index (χ1v) is 8.91. The van der Waals surface area contributed by atoms with E-state index < -0.39 is 24.1 Å². The number of benzene rings is 2. The Morgan fingerprint density at radius 3 is 2.28 bits per heavy atom. The molecule has 0 bridgehead atoms. The third-order valence-corrected chi connectivity index (χ3v) is 4.72. The first kappa shape index (κ1) is 20.5. The van der Waals surface area contributed by atoms with Gasteiger partial charge in [0.25, 0.3) is 0 Å². The Kier molecular flexibility index (Phi) is 5.95. The summed E-state index contributed by atoms with van der Waals surface area (Å²) in [5.41, 5.74) is 1.25. The predicted molar refractivity (Wildman–Crippen MR) is 98.6 cm³/mol. The molecule has 9 heteroatoms. The molecule has 1 aliphatic rings. The molecule has 29 heavy (non-hydrogen) atoms. The number of alkyl halides is 3. The lowest BCUT2D eigenvalue weighted by molar-refractivity contribution is -0.274. The molecule has 2 N–H and O–H groups in total. The number of rotatable bonds is 4. The Labute approximate surface area is 164 Å². The number of likely N-dealkylation sites (tertiary alicyclic amines) is 1. The van der Waals surface area contributed by atoms with Crippen LogP contribution in [0.25, 0.3) is 0 Å². The van der Waals surface area contributed by atoms with Gasteiger partial charge in [0.15, 0.2) is 0 Å². The summed E-state index contributed by atoms with van der Waals surface area (Å²) in [5, 5.41) is 12.0. The van der Waals surface area contributed by atoms with Gasteiger partial charge in [-0.05, 0) is 36.2 Å². The maximum absolute atomic E-state index is 12.7. The molecule has 0 aliphatic carbocycles. The number of anilines is 1. The summed E-state index contributed by atoms with van der Waals surface area (Å²) in [7, 11) is 0. The summed E-state index contributed by atoms with van der Waals surface area (Å²) in [5.74, 6) is -1.49. The van der Waals surface area contributed by atoms with E-state index in [-0.39, 0.29) is 18.4 Å². The first-order valence-electron chi connectivity index (χ1n) is 8.91. The van der Waals surface area contributed by atoms with Crippen molar-refractivity contribution in [2.75, 3.05) is 18.4 Å². The van der Waals surface area contributed by atoms with Crippen molar-refractivity contribution in [1.82, 2.24) is 4.90 Å². The molecule has 154 valence electrons. The molecule has 1 fully saturated rings. The molecule has 2 aromatic carbocycles. The Bertz CT molecular complexity index is 856. The van der Waals surface area contributed by atoms with Gasteiger partial charge in [0, 0.05) is 24.7 Å². The van der Waals surface area contributed by atoms with Crippen LogP contribution in [-0.2, 0) is 4.79 Å². The second-order valence-corrected chi connectivity index (χ2v) is 6.79. The van der Waals surface area contributed by atoms with Gasteiger partial charge in [-0.1, -0.05) is 30.3 Å². The average molecular weight is 408 g/mol. The van der Waals surface area contributed by atoms with Crippen LogP contribution in [-0.4, -0.2) is 41.5 Å². The predicted octanol–water partition coefficient (Wildman–Crippen LogP) is 4.31. The standard InChI is InChI=1S/C20H19F3N2O4/c21-20(22,23)29-17-8-6-16(7-9-17)24-18(26)15-10-14(11-25(12-15)19(27)28)13-4-2-1-3-5-13/h1-9,14-15H,10-12H2,(H,24,26)(H,27,28). The second kappa shape index (κ2) is 8.42. The van der Waals surface area contributed by atoms with Crippen molar-refractivity contribution in [2.45, 2.75) is 18.7 Å². The van der Waals surface area contributed by atoms with Gasteiger partial charge >= 0.3 is 12.5 Å². The Hall–Kier alpha value is -3.23. The Morgan fingerprint density at radius 1 is 1.03 bits per heavy atom. The van der Waals surface area contributed by atoms with E-state index in [4.69, 9.17) is 0 Å². The highest BCUT2D eigenvalue weighted by Crippen LogP contribution is 2.31. The van der Waals surface area contributed by atoms with Crippen molar-refractivity contribution < 1.29 is 32.6 Å². The number of ether oxygens (including phenoxy) is 1. The number of hydrogen-bond donors (Lipinski definition) is 2. The van der Waals surface area contributed by atoms with Gasteiger partial charge in [0.2, 0.25) is 5.91 Å². The van der Waals surface area contributed by atoms with Crippen LogP contribution in [0, 0.1) is 5.92 Å². The van der Waals surface area contributed by atoms with E-state index in [0.29, 0.717) is 18.7 Å². The van der Waals surface area contributed by atoms with E-state index in [1.165, 1.54) is 17.0 Å². The van der Waals surface area contributed by atoms with E-state index in [0.717, 1.165) is 17.7 Å². The fourth-order valence-electron chi connectivity index (χ4n) is 3.40. The van der Waals surface area contributed by atoms with Gasteiger partial charge in [-0.15, -0.1) is 13.2 Å². The number of amides is 2. The molecule has 2 unspecified atom stereocenters. The molecule has 0 spiro atoms. The highest BCUT2D eigenvalue weighted by Gasteiger charge is 2.34. The monoisotopic (exact) mass is 408 g/mol. The third kappa shape index (κ3) is 5.63. The minimum absolute atomic E-state index is 0.0553. The molecule has 1 aliphatic heterocycles. The fraction of sp³-hybridized carbons (Fsp3) is 0.300. The number of hydrogen-bond acceptors (Lipinski definition) is 3. The van der Waals surface area contributed by atoms with Crippen molar-refractivity contribution in [1.29, 1.82) is 0 Å². The highest BCUT2D eigenvalue weighted by molar-refractivity contribution is 5.93. The normalized spacial score (nSPS) is 19.5.